The van der Waals surface area contributed by atoms with Crippen molar-refractivity contribution < 1.29 is 0 Å². The Labute approximate surface area is 134 Å². The van der Waals surface area contributed by atoms with Crippen LogP contribution in [0.4, 0.5) is 0 Å². The van der Waals surface area contributed by atoms with Crippen molar-refractivity contribution in [2.24, 2.45) is 10.9 Å². The van der Waals surface area contributed by atoms with Crippen molar-refractivity contribution in [1.82, 2.24) is 15.5 Å². The molecule has 0 aromatic heterocycles. The van der Waals surface area contributed by atoms with Gasteiger partial charge in [-0.05, 0) is 38.3 Å². The molecule has 5 heteroatoms. The Morgan fingerprint density at radius 1 is 1.26 bits per heavy atom. The van der Waals surface area contributed by atoms with Gasteiger partial charge < -0.3 is 15.5 Å². The van der Waals surface area contributed by atoms with Crippen molar-refractivity contribution in [3.63, 3.8) is 0 Å². The van der Waals surface area contributed by atoms with Gasteiger partial charge in [0.05, 0.1) is 0 Å². The number of aliphatic imine (C=N–C) groups is 1. The number of halogens is 1. The van der Waals surface area contributed by atoms with Gasteiger partial charge in [-0.15, -0.1) is 24.0 Å². The average molecular weight is 380 g/mol. The van der Waals surface area contributed by atoms with Crippen LogP contribution in [0.1, 0.15) is 39.0 Å². The van der Waals surface area contributed by atoms with Crippen molar-refractivity contribution >= 4 is 29.9 Å². The Hall–Kier alpha value is -0.0400. The van der Waals surface area contributed by atoms with Gasteiger partial charge in [0.15, 0.2) is 5.96 Å². The van der Waals surface area contributed by atoms with Crippen molar-refractivity contribution in [2.45, 2.75) is 45.1 Å². The monoisotopic (exact) mass is 380 g/mol. The normalized spacial score (nSPS) is 25.4. The lowest BCUT2D eigenvalue weighted by molar-refractivity contribution is 0.341. The van der Waals surface area contributed by atoms with Crippen LogP contribution in [-0.2, 0) is 0 Å². The Morgan fingerprint density at radius 2 is 2.00 bits per heavy atom. The number of nitrogens with zero attached hydrogens (tertiary/aromatic N) is 2. The lowest BCUT2D eigenvalue weighted by atomic mass is 10.1. The van der Waals surface area contributed by atoms with Crippen molar-refractivity contribution in [2.75, 3.05) is 33.2 Å². The zero-order chi connectivity index (χ0) is 12.8. The van der Waals surface area contributed by atoms with Crippen LogP contribution in [0.5, 0.6) is 0 Å². The van der Waals surface area contributed by atoms with Gasteiger partial charge in [-0.3, -0.25) is 4.99 Å². The van der Waals surface area contributed by atoms with Crippen molar-refractivity contribution in [3.05, 3.63) is 0 Å². The maximum Gasteiger partial charge on any atom is 0.191 e. The summed E-state index contributed by atoms with van der Waals surface area (Å²) in [5, 5.41) is 7.04. The molecular weight excluding hydrogens is 351 g/mol. The van der Waals surface area contributed by atoms with Crippen LogP contribution in [0, 0.1) is 5.92 Å². The summed E-state index contributed by atoms with van der Waals surface area (Å²) in [7, 11) is 1.87. The van der Waals surface area contributed by atoms with E-state index < -0.39 is 0 Å². The smallest absolute Gasteiger partial charge is 0.191 e. The van der Waals surface area contributed by atoms with E-state index in [-0.39, 0.29) is 24.0 Å². The third-order valence-corrected chi connectivity index (χ3v) is 4.29. The third kappa shape index (κ3) is 5.45. The molecule has 0 spiro atoms. The molecule has 1 atom stereocenters. The minimum atomic E-state index is 0. The number of rotatable bonds is 4. The molecule has 112 valence electrons. The molecule has 0 radical (unpaired) electrons. The van der Waals surface area contributed by atoms with Crippen LogP contribution in [-0.4, -0.2) is 50.1 Å². The largest absolute Gasteiger partial charge is 0.356 e. The molecule has 0 aromatic rings. The number of guanidine groups is 1. The maximum atomic E-state index is 4.33. The fourth-order valence-electron chi connectivity index (χ4n) is 3.07. The molecule has 1 aliphatic heterocycles. The zero-order valence-corrected chi connectivity index (χ0v) is 14.7. The van der Waals surface area contributed by atoms with Crippen molar-refractivity contribution in [1.29, 1.82) is 0 Å². The molecule has 2 N–H and O–H groups in total. The first-order valence-corrected chi connectivity index (χ1v) is 7.51. The van der Waals surface area contributed by atoms with Crippen LogP contribution in [0.25, 0.3) is 0 Å². The summed E-state index contributed by atoms with van der Waals surface area (Å²) in [6, 6.07) is 0.645. The third-order valence-electron chi connectivity index (χ3n) is 4.29. The molecule has 19 heavy (non-hydrogen) atoms. The molecule has 1 heterocycles. The summed E-state index contributed by atoms with van der Waals surface area (Å²) in [6.07, 6.45) is 6.65. The molecule has 2 rings (SSSR count). The summed E-state index contributed by atoms with van der Waals surface area (Å²) in [5.74, 6) is 1.78. The molecule has 1 saturated carbocycles. The topological polar surface area (TPSA) is 39.7 Å². The summed E-state index contributed by atoms with van der Waals surface area (Å²) in [5.41, 5.74) is 0. The fourth-order valence-corrected chi connectivity index (χ4v) is 3.07. The highest BCUT2D eigenvalue weighted by molar-refractivity contribution is 14.0. The lowest BCUT2D eigenvalue weighted by Crippen LogP contribution is -2.44. The number of nitrogens with one attached hydrogen (secondary N) is 2. The Morgan fingerprint density at radius 3 is 2.58 bits per heavy atom. The van der Waals surface area contributed by atoms with E-state index >= 15 is 0 Å². The van der Waals surface area contributed by atoms with Gasteiger partial charge >= 0.3 is 0 Å². The van der Waals surface area contributed by atoms with E-state index in [1.54, 1.807) is 0 Å². The zero-order valence-electron chi connectivity index (χ0n) is 12.3. The second kappa shape index (κ2) is 9.00. The Balaban J connectivity index is 0.00000180. The molecule has 2 fully saturated rings. The molecule has 0 aromatic carbocycles. The van der Waals surface area contributed by atoms with E-state index in [0.29, 0.717) is 6.04 Å². The Kier molecular flexibility index (Phi) is 8.06. The number of hydrogen-bond acceptors (Lipinski definition) is 2. The van der Waals surface area contributed by atoms with Gasteiger partial charge in [0.1, 0.15) is 0 Å². The van der Waals surface area contributed by atoms with Gasteiger partial charge in [0.25, 0.3) is 0 Å². The predicted molar refractivity (Wildman–Crippen MR) is 92.4 cm³/mol. The first kappa shape index (κ1) is 17.0. The molecule has 1 aliphatic carbocycles. The second-order valence-corrected chi connectivity index (χ2v) is 5.63. The van der Waals surface area contributed by atoms with Gasteiger partial charge in [-0.2, -0.15) is 0 Å². The van der Waals surface area contributed by atoms with Gasteiger partial charge in [0.2, 0.25) is 0 Å². The van der Waals surface area contributed by atoms with Gasteiger partial charge in [0, 0.05) is 26.2 Å². The average Bonchev–Trinajstić information content (AvgIpc) is 3.05. The highest BCUT2D eigenvalue weighted by Crippen LogP contribution is 2.17. The lowest BCUT2D eigenvalue weighted by Gasteiger charge is -2.19. The van der Waals surface area contributed by atoms with Crippen LogP contribution in [0.15, 0.2) is 4.99 Å². The number of likely N-dealkylation sites (tertiary alicyclic amines) is 1. The standard InChI is InChI=1S/C14H28N4.HI/c1-3-18-9-8-12(11-18)10-16-14(15-2)17-13-6-4-5-7-13;/h12-13H,3-11H2,1-2H3,(H2,15,16,17);1H. The molecule has 1 unspecified atom stereocenters. The number of hydrogen-bond donors (Lipinski definition) is 2. The summed E-state index contributed by atoms with van der Waals surface area (Å²) < 4.78 is 0. The quantitative estimate of drug-likeness (QED) is 0.446. The van der Waals surface area contributed by atoms with Crippen LogP contribution in [0.3, 0.4) is 0 Å². The second-order valence-electron chi connectivity index (χ2n) is 5.63. The minimum absolute atomic E-state index is 0. The van der Waals surface area contributed by atoms with Crippen LogP contribution < -0.4 is 10.6 Å². The van der Waals surface area contributed by atoms with E-state index in [9.17, 15) is 0 Å². The Bertz CT molecular complexity index is 277. The van der Waals surface area contributed by atoms with E-state index in [4.69, 9.17) is 0 Å². The first-order chi connectivity index (χ1) is 8.81. The summed E-state index contributed by atoms with van der Waals surface area (Å²) in [4.78, 5) is 6.86. The van der Waals surface area contributed by atoms with E-state index in [1.165, 1.54) is 51.7 Å². The summed E-state index contributed by atoms with van der Waals surface area (Å²) >= 11 is 0. The van der Waals surface area contributed by atoms with Crippen molar-refractivity contribution in [3.8, 4) is 0 Å². The van der Waals surface area contributed by atoms with E-state index in [1.807, 2.05) is 7.05 Å². The SMILES string of the molecule is CCN1CCC(CNC(=NC)NC2CCCC2)C1.I. The molecule has 4 nitrogen and oxygen atoms in total. The molecule has 0 bridgehead atoms. The molecule has 0 amide bonds. The fraction of sp³-hybridized carbons (Fsp3) is 0.929. The minimum Gasteiger partial charge on any atom is -0.356 e. The first-order valence-electron chi connectivity index (χ1n) is 7.51. The molecular formula is C14H29IN4. The van der Waals surface area contributed by atoms with Crippen LogP contribution in [0.2, 0.25) is 0 Å². The van der Waals surface area contributed by atoms with Crippen LogP contribution >= 0.6 is 24.0 Å². The summed E-state index contributed by atoms with van der Waals surface area (Å²) in [6.45, 7) is 6.99. The van der Waals surface area contributed by atoms with E-state index in [0.717, 1.165) is 18.4 Å². The predicted octanol–water partition coefficient (Wildman–Crippen LogP) is 2.05. The molecule has 2 aliphatic rings. The highest BCUT2D eigenvalue weighted by Gasteiger charge is 2.21. The molecule has 1 saturated heterocycles. The van der Waals surface area contributed by atoms with E-state index in [2.05, 4.69) is 27.4 Å². The highest BCUT2D eigenvalue weighted by atomic mass is 127. The van der Waals surface area contributed by atoms with Gasteiger partial charge in [-0.1, -0.05) is 19.8 Å². The maximum absolute atomic E-state index is 4.33. The van der Waals surface area contributed by atoms with Gasteiger partial charge in [-0.25, -0.2) is 0 Å².